The number of carbonyl (C=O) groups is 1. The van der Waals surface area contributed by atoms with E-state index in [1.54, 1.807) is 25.1 Å². The van der Waals surface area contributed by atoms with Crippen LogP contribution in [0.1, 0.15) is 59.3 Å². The van der Waals surface area contributed by atoms with Gasteiger partial charge in [0.25, 0.3) is 5.69 Å². The van der Waals surface area contributed by atoms with Crippen LogP contribution >= 0.6 is 11.8 Å². The number of ether oxygens (including phenoxy) is 2. The van der Waals surface area contributed by atoms with Crippen LogP contribution in [0.4, 0.5) is 17.1 Å². The fourth-order valence-corrected chi connectivity index (χ4v) is 7.14. The number of esters is 1. The highest BCUT2D eigenvalue weighted by molar-refractivity contribution is 7.98. The van der Waals surface area contributed by atoms with Crippen molar-refractivity contribution in [1.29, 1.82) is 0 Å². The molecule has 39 heavy (non-hydrogen) atoms. The molecule has 0 aromatic heterocycles. The predicted molar refractivity (Wildman–Crippen MR) is 157 cm³/mol. The zero-order valence-electron chi connectivity index (χ0n) is 23.1. The molecule has 1 aliphatic heterocycles. The Kier molecular flexibility index (Phi) is 11.4. The molecule has 1 atom stereocenters. The first-order valence-corrected chi connectivity index (χ1v) is 15.9. The van der Waals surface area contributed by atoms with E-state index in [1.165, 1.54) is 36.2 Å². The van der Waals surface area contributed by atoms with Crippen LogP contribution in [0.25, 0.3) is 0 Å². The number of rotatable bonds is 13. The van der Waals surface area contributed by atoms with E-state index in [4.69, 9.17) is 9.47 Å². The third kappa shape index (κ3) is 7.85. The summed E-state index contributed by atoms with van der Waals surface area (Å²) in [7, 11) is -1.31. The number of carbonyl (C=O) groups excluding carboxylic acids is 1. The Morgan fingerprint density at radius 2 is 1.82 bits per heavy atom. The van der Waals surface area contributed by atoms with Crippen LogP contribution < -0.4 is 9.64 Å². The van der Waals surface area contributed by atoms with E-state index in [2.05, 4.69) is 18.7 Å². The van der Waals surface area contributed by atoms with Crippen molar-refractivity contribution in [3.8, 4) is 5.75 Å². The molecular weight excluding hydrogens is 536 g/mol. The minimum absolute atomic E-state index is 0.0301. The summed E-state index contributed by atoms with van der Waals surface area (Å²) in [5.74, 6) is 0.538. The average molecular weight is 575 g/mol. The van der Waals surface area contributed by atoms with Crippen molar-refractivity contribution in [2.24, 2.45) is 5.41 Å². The highest BCUT2D eigenvalue weighted by atomic mass is 32.2. The fraction of sp³-hybridized carbons (Fsp3) is 0.483. The van der Waals surface area contributed by atoms with Crippen LogP contribution in [-0.2, 0) is 20.3 Å². The fourth-order valence-electron chi connectivity index (χ4n) is 4.87. The molecule has 1 heterocycles. The Morgan fingerprint density at radius 3 is 2.38 bits per heavy atom. The van der Waals surface area contributed by atoms with Gasteiger partial charge in [-0.3, -0.25) is 14.3 Å². The molecule has 8 nitrogen and oxygen atoms in total. The Morgan fingerprint density at radius 1 is 1.15 bits per heavy atom. The van der Waals surface area contributed by atoms with E-state index in [-0.39, 0.29) is 17.7 Å². The molecule has 10 heteroatoms. The number of nitro groups is 1. The van der Waals surface area contributed by atoms with Crippen LogP contribution in [0.5, 0.6) is 5.75 Å². The predicted octanol–water partition coefficient (Wildman–Crippen LogP) is 7.40. The van der Waals surface area contributed by atoms with Gasteiger partial charge in [-0.05, 0) is 44.2 Å². The summed E-state index contributed by atoms with van der Waals surface area (Å²) in [6.45, 7) is 7.01. The van der Waals surface area contributed by atoms with Crippen LogP contribution in [-0.4, -0.2) is 40.3 Å². The number of nitro benzene ring substituents is 1. The lowest BCUT2D eigenvalue weighted by Crippen LogP contribution is -2.37. The van der Waals surface area contributed by atoms with E-state index >= 15 is 0 Å². The molecule has 0 amide bonds. The summed E-state index contributed by atoms with van der Waals surface area (Å²) in [5, 5.41) is 11.3. The van der Waals surface area contributed by atoms with E-state index < -0.39 is 21.7 Å². The Bertz CT molecular complexity index is 1190. The second-order valence-corrected chi connectivity index (χ2v) is 12.0. The van der Waals surface area contributed by atoms with Gasteiger partial charge >= 0.3 is 5.97 Å². The Balaban J connectivity index is 2.14. The molecule has 2 aromatic rings. The standard InChI is InChI=1S/C29H38N2O6S2/c1-5-8-15-29(16-9-6-2)20-30(22-10-12-23(13-11-22)31(33)34)24-18-26(38-4)25(19-27(24)39(35)21-29)37-17-14-28(32)36-7-3/h10-14,17-19H,5-9,15-16,20-21H2,1-4H3/b17-14+. The molecule has 0 saturated carbocycles. The first kappa shape index (κ1) is 30.7. The number of hydrogen-bond acceptors (Lipinski definition) is 8. The molecule has 1 unspecified atom stereocenters. The van der Waals surface area contributed by atoms with Crippen molar-refractivity contribution >= 4 is 45.6 Å². The minimum Gasteiger partial charge on any atom is -0.464 e. The van der Waals surface area contributed by atoms with Gasteiger partial charge in [-0.2, -0.15) is 0 Å². The van der Waals surface area contributed by atoms with Crippen molar-refractivity contribution in [3.63, 3.8) is 0 Å². The smallest absolute Gasteiger partial charge is 0.333 e. The van der Waals surface area contributed by atoms with E-state index in [0.717, 1.165) is 54.8 Å². The lowest BCUT2D eigenvalue weighted by Gasteiger charge is -2.37. The van der Waals surface area contributed by atoms with Crippen molar-refractivity contribution in [2.75, 3.05) is 30.1 Å². The lowest BCUT2D eigenvalue weighted by atomic mass is 9.79. The number of nitrogens with zero attached hydrogens (tertiary/aromatic N) is 2. The molecule has 0 radical (unpaired) electrons. The largest absolute Gasteiger partial charge is 0.464 e. The van der Waals surface area contributed by atoms with E-state index in [1.807, 2.05) is 12.3 Å². The molecule has 0 bridgehead atoms. The average Bonchev–Trinajstić information content (AvgIpc) is 3.04. The third-order valence-electron chi connectivity index (χ3n) is 6.89. The quantitative estimate of drug-likeness (QED) is 0.0609. The molecule has 0 fully saturated rings. The lowest BCUT2D eigenvalue weighted by molar-refractivity contribution is -0.384. The maximum atomic E-state index is 14.0. The maximum absolute atomic E-state index is 14.0. The zero-order valence-corrected chi connectivity index (χ0v) is 24.8. The van der Waals surface area contributed by atoms with Crippen molar-refractivity contribution in [2.45, 2.75) is 69.1 Å². The normalized spacial score (nSPS) is 16.5. The molecule has 1 aliphatic rings. The van der Waals surface area contributed by atoms with Gasteiger partial charge in [-0.15, -0.1) is 11.8 Å². The van der Waals surface area contributed by atoms with E-state index in [0.29, 0.717) is 22.9 Å². The molecule has 0 spiro atoms. The van der Waals surface area contributed by atoms with Crippen LogP contribution in [0, 0.1) is 15.5 Å². The van der Waals surface area contributed by atoms with Gasteiger partial charge in [-0.1, -0.05) is 39.5 Å². The molecule has 0 saturated heterocycles. The van der Waals surface area contributed by atoms with Crippen LogP contribution in [0.15, 0.2) is 58.5 Å². The number of anilines is 2. The van der Waals surface area contributed by atoms with Crippen LogP contribution in [0.2, 0.25) is 0 Å². The third-order valence-corrected chi connectivity index (χ3v) is 9.34. The topological polar surface area (TPSA) is 99.0 Å². The summed E-state index contributed by atoms with van der Waals surface area (Å²) in [5.41, 5.74) is 1.48. The second kappa shape index (κ2) is 14.5. The number of fused-ring (bicyclic) bond motifs is 1. The summed E-state index contributed by atoms with van der Waals surface area (Å²) in [6, 6.07) is 10.4. The number of hydrogen-bond donors (Lipinski definition) is 0. The first-order valence-electron chi connectivity index (χ1n) is 13.4. The van der Waals surface area contributed by atoms with Crippen LogP contribution in [0.3, 0.4) is 0 Å². The molecule has 0 aliphatic carbocycles. The number of unbranched alkanes of at least 4 members (excludes halogenated alkanes) is 2. The maximum Gasteiger partial charge on any atom is 0.333 e. The van der Waals surface area contributed by atoms with Crippen molar-refractivity contribution < 1.29 is 23.4 Å². The Hall–Kier alpha value is -2.85. The molecular formula is C29H38N2O6S2. The summed E-state index contributed by atoms with van der Waals surface area (Å²) < 4.78 is 24.8. The SMILES string of the molecule is CCCCC1(CCCC)CN(c2ccc([N+](=O)[O-])cc2)c2cc(SC)c(O/C=C/C(=O)OCC)cc2S(=O)C1. The Labute approximate surface area is 237 Å². The molecule has 0 N–H and O–H groups in total. The molecule has 2 aromatic carbocycles. The van der Waals surface area contributed by atoms with Gasteiger partial charge in [0.15, 0.2) is 0 Å². The highest BCUT2D eigenvalue weighted by Crippen LogP contribution is 2.47. The summed E-state index contributed by atoms with van der Waals surface area (Å²) in [6.07, 6.45) is 10.5. The highest BCUT2D eigenvalue weighted by Gasteiger charge is 2.39. The van der Waals surface area contributed by atoms with Gasteiger partial charge in [0.2, 0.25) is 0 Å². The van der Waals surface area contributed by atoms with E-state index in [9.17, 15) is 19.1 Å². The van der Waals surface area contributed by atoms with Crippen molar-refractivity contribution in [1.82, 2.24) is 0 Å². The monoisotopic (exact) mass is 574 g/mol. The summed E-state index contributed by atoms with van der Waals surface area (Å²) in [4.78, 5) is 26.3. The zero-order chi connectivity index (χ0) is 28.4. The minimum atomic E-state index is -1.31. The second-order valence-electron chi connectivity index (χ2n) is 9.70. The molecule has 212 valence electrons. The number of non-ortho nitro benzene ring substituents is 1. The van der Waals surface area contributed by atoms with Crippen molar-refractivity contribution in [3.05, 3.63) is 58.9 Å². The number of thioether (sulfide) groups is 1. The van der Waals surface area contributed by atoms with Gasteiger partial charge in [-0.25, -0.2) is 4.79 Å². The summed E-state index contributed by atoms with van der Waals surface area (Å²) >= 11 is 1.49. The van der Waals surface area contributed by atoms with Gasteiger partial charge in [0, 0.05) is 41.6 Å². The molecule has 3 rings (SSSR count). The van der Waals surface area contributed by atoms with Gasteiger partial charge in [0.05, 0.1) is 50.1 Å². The van der Waals surface area contributed by atoms with Gasteiger partial charge in [0.1, 0.15) is 5.75 Å². The number of benzene rings is 2. The van der Waals surface area contributed by atoms with Gasteiger partial charge < -0.3 is 14.4 Å². The first-order chi connectivity index (χ1) is 18.8.